The number of amides is 2. The monoisotopic (exact) mass is 389 g/mol. The molecule has 0 N–H and O–H groups in total. The molecule has 1 aromatic carbocycles. The first-order chi connectivity index (χ1) is 14.2. The van der Waals surface area contributed by atoms with Crippen LogP contribution < -0.4 is 0 Å². The maximum atomic E-state index is 13.2. The molecule has 2 fully saturated rings. The zero-order valence-electron chi connectivity index (χ0n) is 15.6. The number of likely N-dealkylation sites (tertiary alicyclic amines) is 2. The molecule has 2 aliphatic rings. The van der Waals surface area contributed by atoms with Crippen LogP contribution in [0.5, 0.6) is 0 Å². The lowest BCUT2D eigenvalue weighted by Crippen LogP contribution is -2.37. The van der Waals surface area contributed by atoms with Crippen molar-refractivity contribution in [3.05, 3.63) is 78.2 Å². The fraction of sp³-hybridized carbons (Fsp3) is 0.286. The Morgan fingerprint density at radius 1 is 0.966 bits per heavy atom. The zero-order chi connectivity index (χ0) is 19.8. The third-order valence-electron chi connectivity index (χ3n) is 5.79. The molecule has 2 aliphatic heterocycles. The molecule has 0 aliphatic carbocycles. The Morgan fingerprint density at radius 3 is 2.55 bits per heavy atom. The second-order valence-electron chi connectivity index (χ2n) is 7.42. The molecule has 8 nitrogen and oxygen atoms in total. The fourth-order valence-electron chi connectivity index (χ4n) is 4.54. The number of carbonyl (C=O) groups is 2. The number of rotatable bonds is 3. The van der Waals surface area contributed by atoms with Gasteiger partial charge in [-0.25, -0.2) is 4.98 Å². The van der Waals surface area contributed by atoms with Gasteiger partial charge < -0.3 is 14.3 Å². The van der Waals surface area contributed by atoms with Gasteiger partial charge in [0.15, 0.2) is 5.69 Å². The van der Waals surface area contributed by atoms with Gasteiger partial charge in [0.2, 0.25) is 0 Å². The SMILES string of the molecule is O=C(c1ccon1)N1C[C@H]2CN(C(=O)c3cnccn3)[C@H](c3ccccc3)[C@H]2C1. The summed E-state index contributed by atoms with van der Waals surface area (Å²) in [5, 5.41) is 3.77. The van der Waals surface area contributed by atoms with Crippen LogP contribution in [-0.2, 0) is 0 Å². The lowest BCUT2D eigenvalue weighted by molar-refractivity contribution is 0.0669. The van der Waals surface area contributed by atoms with Gasteiger partial charge in [0.1, 0.15) is 12.0 Å². The van der Waals surface area contributed by atoms with Crippen molar-refractivity contribution >= 4 is 11.8 Å². The van der Waals surface area contributed by atoms with Crippen LogP contribution in [0.2, 0.25) is 0 Å². The molecule has 2 saturated heterocycles. The molecular weight excluding hydrogens is 370 g/mol. The van der Waals surface area contributed by atoms with E-state index in [1.165, 1.54) is 18.7 Å². The summed E-state index contributed by atoms with van der Waals surface area (Å²) in [5.41, 5.74) is 1.71. The van der Waals surface area contributed by atoms with E-state index >= 15 is 0 Å². The van der Waals surface area contributed by atoms with Crippen molar-refractivity contribution in [2.75, 3.05) is 19.6 Å². The van der Waals surface area contributed by atoms with E-state index < -0.39 is 0 Å². The molecule has 0 spiro atoms. The molecule has 8 heteroatoms. The molecule has 0 bridgehead atoms. The first-order valence-corrected chi connectivity index (χ1v) is 9.54. The van der Waals surface area contributed by atoms with Crippen LogP contribution in [0.3, 0.4) is 0 Å². The number of hydrogen-bond acceptors (Lipinski definition) is 6. The van der Waals surface area contributed by atoms with E-state index in [4.69, 9.17) is 4.52 Å². The average molecular weight is 389 g/mol. The molecule has 0 saturated carbocycles. The summed E-state index contributed by atoms with van der Waals surface area (Å²) < 4.78 is 4.81. The van der Waals surface area contributed by atoms with Crippen molar-refractivity contribution in [3.63, 3.8) is 0 Å². The second-order valence-corrected chi connectivity index (χ2v) is 7.42. The highest BCUT2D eigenvalue weighted by Crippen LogP contribution is 2.45. The van der Waals surface area contributed by atoms with Crippen LogP contribution in [0.4, 0.5) is 0 Å². The van der Waals surface area contributed by atoms with Crippen molar-refractivity contribution in [2.24, 2.45) is 11.8 Å². The van der Waals surface area contributed by atoms with Crippen LogP contribution in [0.15, 0.2) is 65.8 Å². The summed E-state index contributed by atoms with van der Waals surface area (Å²) in [6.45, 7) is 1.73. The number of fused-ring (bicyclic) bond motifs is 1. The van der Waals surface area contributed by atoms with Crippen molar-refractivity contribution < 1.29 is 14.1 Å². The van der Waals surface area contributed by atoms with Crippen molar-refractivity contribution in [3.8, 4) is 0 Å². The minimum absolute atomic E-state index is 0.120. The van der Waals surface area contributed by atoms with Crippen LogP contribution in [0, 0.1) is 11.8 Å². The van der Waals surface area contributed by atoms with Crippen molar-refractivity contribution in [1.82, 2.24) is 24.9 Å². The predicted octanol–water partition coefficient (Wildman–Crippen LogP) is 2.05. The van der Waals surface area contributed by atoms with Crippen LogP contribution >= 0.6 is 0 Å². The quantitative estimate of drug-likeness (QED) is 0.681. The van der Waals surface area contributed by atoms with Gasteiger partial charge in [-0.1, -0.05) is 35.5 Å². The Morgan fingerprint density at radius 2 is 1.83 bits per heavy atom. The van der Waals surface area contributed by atoms with Crippen LogP contribution in [0.25, 0.3) is 0 Å². The summed E-state index contributed by atoms with van der Waals surface area (Å²) in [6, 6.07) is 11.4. The summed E-state index contributed by atoms with van der Waals surface area (Å²) in [5.74, 6) is 0.0769. The van der Waals surface area contributed by atoms with E-state index in [9.17, 15) is 9.59 Å². The maximum Gasteiger partial charge on any atom is 0.276 e. The Labute approximate surface area is 167 Å². The van der Waals surface area contributed by atoms with E-state index in [1.54, 1.807) is 12.3 Å². The highest BCUT2D eigenvalue weighted by atomic mass is 16.5. The second kappa shape index (κ2) is 7.12. The van der Waals surface area contributed by atoms with E-state index in [2.05, 4.69) is 15.1 Å². The van der Waals surface area contributed by atoms with E-state index in [0.29, 0.717) is 31.0 Å². The highest BCUT2D eigenvalue weighted by Gasteiger charge is 2.50. The molecule has 29 heavy (non-hydrogen) atoms. The molecular formula is C21H19N5O3. The van der Waals surface area contributed by atoms with Crippen molar-refractivity contribution in [1.29, 1.82) is 0 Å². The highest BCUT2D eigenvalue weighted by molar-refractivity contribution is 5.93. The first-order valence-electron chi connectivity index (χ1n) is 9.54. The molecule has 4 heterocycles. The normalized spacial score (nSPS) is 23.2. The zero-order valence-corrected chi connectivity index (χ0v) is 15.6. The van der Waals surface area contributed by atoms with E-state index in [-0.39, 0.29) is 29.7 Å². The molecule has 0 radical (unpaired) electrons. The smallest absolute Gasteiger partial charge is 0.276 e. The topological polar surface area (TPSA) is 92.4 Å². The molecule has 5 rings (SSSR count). The number of hydrogen-bond donors (Lipinski definition) is 0. The fourth-order valence-corrected chi connectivity index (χ4v) is 4.54. The summed E-state index contributed by atoms with van der Waals surface area (Å²) in [7, 11) is 0. The summed E-state index contributed by atoms with van der Waals surface area (Å²) in [4.78, 5) is 37.8. The van der Waals surface area contributed by atoms with E-state index in [0.717, 1.165) is 5.56 Å². The number of aromatic nitrogens is 3. The lowest BCUT2D eigenvalue weighted by Gasteiger charge is -2.29. The minimum Gasteiger partial charge on any atom is -0.364 e. The van der Waals surface area contributed by atoms with Crippen LogP contribution in [0.1, 0.15) is 32.6 Å². The van der Waals surface area contributed by atoms with Gasteiger partial charge in [-0.15, -0.1) is 0 Å². The number of benzene rings is 1. The third kappa shape index (κ3) is 3.06. The Balaban J connectivity index is 1.44. The maximum absolute atomic E-state index is 13.2. The Kier molecular flexibility index (Phi) is 4.31. The summed E-state index contributed by atoms with van der Waals surface area (Å²) >= 11 is 0. The Hall–Kier alpha value is -3.55. The van der Waals surface area contributed by atoms with Gasteiger partial charge in [-0.3, -0.25) is 14.6 Å². The predicted molar refractivity (Wildman–Crippen MR) is 102 cm³/mol. The lowest BCUT2D eigenvalue weighted by atomic mass is 9.89. The minimum atomic E-state index is -0.133. The molecule has 2 amide bonds. The summed E-state index contributed by atoms with van der Waals surface area (Å²) in [6.07, 6.45) is 5.98. The number of carbonyl (C=O) groups excluding carboxylic acids is 2. The van der Waals surface area contributed by atoms with Crippen molar-refractivity contribution in [2.45, 2.75) is 6.04 Å². The standard InChI is InChI=1S/C21H19N5O3/c27-20(17-6-9-29-24-17)25-11-15-12-26(21(28)18-10-22-7-8-23-18)19(16(15)13-25)14-4-2-1-3-5-14/h1-10,15-16,19H,11-13H2/t15-,16-,19+/m0/s1. The molecule has 3 aromatic rings. The largest absolute Gasteiger partial charge is 0.364 e. The van der Waals surface area contributed by atoms with Gasteiger partial charge in [0.25, 0.3) is 11.8 Å². The third-order valence-corrected chi connectivity index (χ3v) is 5.79. The van der Waals surface area contributed by atoms with Gasteiger partial charge >= 0.3 is 0 Å². The van der Waals surface area contributed by atoms with Gasteiger partial charge in [0.05, 0.1) is 12.2 Å². The van der Waals surface area contributed by atoms with Crippen LogP contribution in [-0.4, -0.2) is 56.4 Å². The number of nitrogens with zero attached hydrogens (tertiary/aromatic N) is 5. The average Bonchev–Trinajstić information content (AvgIpc) is 3.50. The molecule has 146 valence electrons. The van der Waals surface area contributed by atoms with E-state index in [1.807, 2.05) is 40.1 Å². The van der Waals surface area contributed by atoms with Gasteiger partial charge in [0, 0.05) is 49.9 Å². The molecule has 0 unspecified atom stereocenters. The Bertz CT molecular complexity index is 1010. The van der Waals surface area contributed by atoms with Gasteiger partial charge in [-0.2, -0.15) is 0 Å². The molecule has 2 aromatic heterocycles. The molecule has 3 atom stereocenters. The van der Waals surface area contributed by atoms with Gasteiger partial charge in [-0.05, 0) is 5.56 Å². The first kappa shape index (κ1) is 17.5.